The molecule has 12 heavy (non-hydrogen) atoms. The number of rotatable bonds is 5. The minimum absolute atomic E-state index is 0.372. The molecule has 0 aromatic heterocycles. The third-order valence-electron chi connectivity index (χ3n) is 1.80. The van der Waals surface area contributed by atoms with E-state index in [1.165, 1.54) is 19.3 Å². The zero-order valence-corrected chi connectivity index (χ0v) is 8.76. The Morgan fingerprint density at radius 1 is 1.42 bits per heavy atom. The Labute approximate surface area is 76.1 Å². The second kappa shape index (κ2) is 13.6. The van der Waals surface area contributed by atoms with Gasteiger partial charge in [-0.15, -0.1) is 0 Å². The lowest BCUT2D eigenvalue weighted by molar-refractivity contribution is 0.212. The van der Waals surface area contributed by atoms with E-state index in [2.05, 4.69) is 13.8 Å². The first-order valence-corrected chi connectivity index (χ1v) is 5.10. The SMILES string of the molecule is CCCCC(CC)CO.O=PO. The molecule has 0 aliphatic rings. The number of aliphatic hydroxyl groups excluding tert-OH is 1. The van der Waals surface area contributed by atoms with Crippen molar-refractivity contribution in [3.8, 4) is 0 Å². The normalized spacial score (nSPS) is 12.0. The molecule has 0 heterocycles. The fourth-order valence-corrected chi connectivity index (χ4v) is 0.917. The summed E-state index contributed by atoms with van der Waals surface area (Å²) in [4.78, 5) is 6.99. The predicted octanol–water partition coefficient (Wildman–Crippen LogP) is 2.38. The van der Waals surface area contributed by atoms with Gasteiger partial charge in [0, 0.05) is 6.61 Å². The fraction of sp³-hybridized carbons (Fsp3) is 1.00. The zero-order valence-electron chi connectivity index (χ0n) is 7.86. The van der Waals surface area contributed by atoms with Gasteiger partial charge < -0.3 is 10.00 Å². The highest BCUT2D eigenvalue weighted by Gasteiger charge is 2.01. The van der Waals surface area contributed by atoms with E-state index in [0.29, 0.717) is 12.5 Å². The van der Waals surface area contributed by atoms with E-state index in [1.54, 1.807) is 0 Å². The standard InChI is InChI=1S/C8H18O.HO2P/c1-3-5-6-8(4-2)7-9;1-3-2/h8-9H,3-7H2,1-2H3;(H,1,2). The number of unbranched alkanes of at least 4 members (excludes halogenated alkanes) is 1. The van der Waals surface area contributed by atoms with Crippen molar-refractivity contribution in [2.24, 2.45) is 5.92 Å². The Hall–Kier alpha value is 0.0200. The molecule has 0 amide bonds. The highest BCUT2D eigenvalue weighted by Crippen LogP contribution is 2.10. The van der Waals surface area contributed by atoms with Crippen molar-refractivity contribution in [2.45, 2.75) is 39.5 Å². The average Bonchev–Trinajstić information content (AvgIpc) is 2.08. The zero-order chi connectivity index (χ0) is 9.82. The molecule has 0 aliphatic heterocycles. The van der Waals surface area contributed by atoms with Crippen LogP contribution in [0.2, 0.25) is 0 Å². The molecular formula is C8H19O3P. The van der Waals surface area contributed by atoms with E-state index in [9.17, 15) is 0 Å². The molecule has 1 unspecified atom stereocenters. The van der Waals surface area contributed by atoms with E-state index < -0.39 is 8.69 Å². The van der Waals surface area contributed by atoms with E-state index >= 15 is 0 Å². The molecule has 0 fully saturated rings. The van der Waals surface area contributed by atoms with E-state index in [1.807, 2.05) is 0 Å². The van der Waals surface area contributed by atoms with Crippen molar-refractivity contribution in [1.29, 1.82) is 0 Å². The molecule has 0 bridgehead atoms. The largest absolute Gasteiger partial charge is 0.396 e. The Balaban J connectivity index is 0. The third kappa shape index (κ3) is 12.7. The van der Waals surface area contributed by atoms with Gasteiger partial charge in [0.15, 0.2) is 0 Å². The van der Waals surface area contributed by atoms with Crippen LogP contribution in [0.5, 0.6) is 0 Å². The van der Waals surface area contributed by atoms with Crippen molar-refractivity contribution < 1.29 is 14.6 Å². The lowest BCUT2D eigenvalue weighted by Gasteiger charge is -2.08. The highest BCUT2D eigenvalue weighted by molar-refractivity contribution is 7.16. The van der Waals surface area contributed by atoms with Crippen LogP contribution in [-0.2, 0) is 4.57 Å². The molecule has 1 atom stereocenters. The minimum Gasteiger partial charge on any atom is -0.396 e. The summed E-state index contributed by atoms with van der Waals surface area (Å²) in [6.45, 7) is 4.69. The molecular weight excluding hydrogens is 175 g/mol. The van der Waals surface area contributed by atoms with Gasteiger partial charge in [-0.1, -0.05) is 33.1 Å². The molecule has 0 saturated carbocycles. The summed E-state index contributed by atoms with van der Waals surface area (Å²) < 4.78 is 8.46. The molecule has 0 radical (unpaired) electrons. The van der Waals surface area contributed by atoms with Gasteiger partial charge in [0.1, 0.15) is 0 Å². The second-order valence-corrected chi connectivity index (χ2v) is 2.84. The van der Waals surface area contributed by atoms with Gasteiger partial charge in [-0.3, -0.25) is 0 Å². The van der Waals surface area contributed by atoms with Crippen LogP contribution < -0.4 is 0 Å². The Morgan fingerprint density at radius 3 is 2.17 bits per heavy atom. The van der Waals surface area contributed by atoms with E-state index in [-0.39, 0.29) is 0 Å². The van der Waals surface area contributed by atoms with Crippen LogP contribution in [0.3, 0.4) is 0 Å². The first kappa shape index (κ1) is 14.5. The number of hydrogen-bond acceptors (Lipinski definition) is 2. The quantitative estimate of drug-likeness (QED) is 0.660. The average molecular weight is 194 g/mol. The highest BCUT2D eigenvalue weighted by atomic mass is 31.1. The van der Waals surface area contributed by atoms with Crippen LogP contribution in [-0.4, -0.2) is 16.6 Å². The molecule has 2 N–H and O–H groups in total. The topological polar surface area (TPSA) is 57.5 Å². The van der Waals surface area contributed by atoms with Crippen molar-refractivity contribution in [1.82, 2.24) is 0 Å². The van der Waals surface area contributed by atoms with Crippen molar-refractivity contribution >= 4 is 8.69 Å². The van der Waals surface area contributed by atoms with E-state index in [4.69, 9.17) is 14.6 Å². The molecule has 0 saturated heterocycles. The second-order valence-electron chi connectivity index (χ2n) is 2.68. The lowest BCUT2D eigenvalue weighted by Crippen LogP contribution is -2.03. The molecule has 0 rings (SSSR count). The van der Waals surface area contributed by atoms with Crippen LogP contribution >= 0.6 is 8.69 Å². The van der Waals surface area contributed by atoms with Crippen LogP contribution in [0, 0.1) is 5.92 Å². The molecule has 0 spiro atoms. The first-order chi connectivity index (χ1) is 5.76. The number of aliphatic hydroxyl groups is 1. The van der Waals surface area contributed by atoms with Crippen LogP contribution in [0.15, 0.2) is 0 Å². The summed E-state index contributed by atoms with van der Waals surface area (Å²) in [6.07, 6.45) is 4.83. The molecule has 0 aliphatic carbocycles. The summed E-state index contributed by atoms with van der Waals surface area (Å²) in [5.74, 6) is 0.560. The monoisotopic (exact) mass is 194 g/mol. The third-order valence-corrected chi connectivity index (χ3v) is 1.80. The maximum atomic E-state index is 8.75. The molecule has 0 aromatic carbocycles. The maximum Gasteiger partial charge on any atom is 0.324 e. The molecule has 3 nitrogen and oxygen atoms in total. The van der Waals surface area contributed by atoms with Crippen LogP contribution in [0.4, 0.5) is 0 Å². The van der Waals surface area contributed by atoms with Gasteiger partial charge in [0.05, 0.1) is 0 Å². The van der Waals surface area contributed by atoms with Gasteiger partial charge in [-0.25, -0.2) is 4.57 Å². The summed E-state index contributed by atoms with van der Waals surface area (Å²) >= 11 is 0. The Kier molecular flexibility index (Phi) is 16.5. The summed E-state index contributed by atoms with van der Waals surface area (Å²) in [5, 5.41) is 8.75. The fourth-order valence-electron chi connectivity index (χ4n) is 0.917. The first-order valence-electron chi connectivity index (χ1n) is 4.34. The van der Waals surface area contributed by atoms with Gasteiger partial charge >= 0.3 is 8.69 Å². The van der Waals surface area contributed by atoms with Crippen LogP contribution in [0.1, 0.15) is 39.5 Å². The minimum atomic E-state index is -0.833. The van der Waals surface area contributed by atoms with Gasteiger partial charge in [0.2, 0.25) is 0 Å². The van der Waals surface area contributed by atoms with Crippen LogP contribution in [0.25, 0.3) is 0 Å². The smallest absolute Gasteiger partial charge is 0.324 e. The van der Waals surface area contributed by atoms with Crippen molar-refractivity contribution in [3.63, 3.8) is 0 Å². The molecule has 0 aromatic rings. The summed E-state index contributed by atoms with van der Waals surface area (Å²) in [5.41, 5.74) is 0. The Bertz CT molecular complexity index is 84.4. The van der Waals surface area contributed by atoms with Crippen molar-refractivity contribution in [2.75, 3.05) is 6.61 Å². The Morgan fingerprint density at radius 2 is 1.92 bits per heavy atom. The maximum absolute atomic E-state index is 8.75. The van der Waals surface area contributed by atoms with Gasteiger partial charge in [0.25, 0.3) is 0 Å². The van der Waals surface area contributed by atoms with Gasteiger partial charge in [-0.05, 0) is 12.3 Å². The lowest BCUT2D eigenvalue weighted by atomic mass is 10.0. The molecule has 74 valence electrons. The predicted molar refractivity (Wildman–Crippen MR) is 50.2 cm³/mol. The van der Waals surface area contributed by atoms with Gasteiger partial charge in [-0.2, -0.15) is 0 Å². The summed E-state index contributed by atoms with van der Waals surface area (Å²) in [7, 11) is -0.833. The van der Waals surface area contributed by atoms with E-state index in [0.717, 1.165) is 6.42 Å². The van der Waals surface area contributed by atoms with Crippen molar-refractivity contribution in [3.05, 3.63) is 0 Å². The molecule has 4 heteroatoms. The summed E-state index contributed by atoms with van der Waals surface area (Å²) in [6, 6.07) is 0. The number of hydrogen-bond donors (Lipinski definition) is 2.